The lowest BCUT2D eigenvalue weighted by atomic mass is 10.1. The highest BCUT2D eigenvalue weighted by atomic mass is 32.2. The number of ether oxygens (including phenoxy) is 1. The lowest BCUT2D eigenvalue weighted by Gasteiger charge is -2.04. The number of aromatic nitrogens is 1. The molecule has 0 saturated carbocycles. The Morgan fingerprint density at radius 3 is 3.00 bits per heavy atom. The number of halogens is 1. The predicted molar refractivity (Wildman–Crippen MR) is 69.4 cm³/mol. The van der Waals surface area contributed by atoms with E-state index < -0.39 is 11.8 Å². The van der Waals surface area contributed by atoms with Crippen LogP contribution in [-0.2, 0) is 10.5 Å². The van der Waals surface area contributed by atoms with E-state index >= 15 is 0 Å². The molecule has 0 bridgehead atoms. The van der Waals surface area contributed by atoms with Crippen molar-refractivity contribution in [2.24, 2.45) is 0 Å². The molecule has 1 heterocycles. The van der Waals surface area contributed by atoms with Crippen molar-refractivity contribution in [1.82, 2.24) is 4.98 Å². The monoisotopic (exact) mass is 283 g/mol. The fraction of sp³-hybridized carbons (Fsp3) is 0.167. The number of esters is 1. The smallest absolute Gasteiger partial charge is 0.340 e. The number of carbonyl (C=O) groups excluding carboxylic acids is 1. The van der Waals surface area contributed by atoms with Gasteiger partial charge in [-0.2, -0.15) is 0 Å². The van der Waals surface area contributed by atoms with Gasteiger partial charge in [0, 0.05) is 17.3 Å². The van der Waals surface area contributed by atoms with Crippen molar-refractivity contribution in [3.63, 3.8) is 0 Å². The fourth-order valence-corrected chi connectivity index (χ4v) is 2.93. The van der Waals surface area contributed by atoms with Crippen LogP contribution in [0.25, 0.3) is 0 Å². The van der Waals surface area contributed by atoms with E-state index in [9.17, 15) is 9.18 Å². The van der Waals surface area contributed by atoms with E-state index in [0.717, 1.165) is 9.90 Å². The highest BCUT2D eigenvalue weighted by molar-refractivity contribution is 8.00. The number of hydrogen-bond donors (Lipinski definition) is 0. The topological polar surface area (TPSA) is 39.2 Å². The summed E-state index contributed by atoms with van der Waals surface area (Å²) in [4.78, 5) is 15.3. The Kier molecular flexibility index (Phi) is 4.33. The third kappa shape index (κ3) is 3.08. The first-order valence-corrected chi connectivity index (χ1v) is 6.96. The fourth-order valence-electron chi connectivity index (χ4n) is 1.35. The molecule has 18 heavy (non-hydrogen) atoms. The molecule has 3 nitrogen and oxygen atoms in total. The van der Waals surface area contributed by atoms with Crippen LogP contribution in [-0.4, -0.2) is 18.1 Å². The molecule has 0 fully saturated rings. The number of thiazole rings is 1. The van der Waals surface area contributed by atoms with Crippen LogP contribution in [0.3, 0.4) is 0 Å². The number of methoxy groups -OCH3 is 1. The van der Waals surface area contributed by atoms with Crippen molar-refractivity contribution in [2.45, 2.75) is 10.1 Å². The van der Waals surface area contributed by atoms with Crippen molar-refractivity contribution in [3.05, 3.63) is 46.7 Å². The lowest BCUT2D eigenvalue weighted by molar-refractivity contribution is 0.0595. The Morgan fingerprint density at radius 1 is 1.56 bits per heavy atom. The van der Waals surface area contributed by atoms with Crippen LogP contribution in [0.15, 0.2) is 34.1 Å². The summed E-state index contributed by atoms with van der Waals surface area (Å²) in [5, 5.41) is 1.89. The summed E-state index contributed by atoms with van der Waals surface area (Å²) in [5.74, 6) is -0.600. The highest BCUT2D eigenvalue weighted by Crippen LogP contribution is 2.25. The molecule has 0 aliphatic carbocycles. The van der Waals surface area contributed by atoms with Gasteiger partial charge in [0.25, 0.3) is 0 Å². The minimum Gasteiger partial charge on any atom is -0.465 e. The Hall–Kier alpha value is -1.40. The Bertz CT molecular complexity index is 543. The number of nitrogens with zero attached hydrogens (tertiary/aromatic N) is 1. The van der Waals surface area contributed by atoms with Gasteiger partial charge in [-0.15, -0.1) is 11.3 Å². The Balaban J connectivity index is 2.07. The van der Waals surface area contributed by atoms with Crippen molar-refractivity contribution >= 4 is 29.1 Å². The first-order chi connectivity index (χ1) is 8.70. The molecular weight excluding hydrogens is 273 g/mol. The van der Waals surface area contributed by atoms with Gasteiger partial charge < -0.3 is 4.74 Å². The minimum absolute atomic E-state index is 0.0412. The number of carbonyl (C=O) groups is 1. The third-order valence-corrected chi connectivity index (χ3v) is 4.25. The standard InChI is InChI=1S/C12H10FNO2S2/c1-16-11(15)9-3-2-8(6-10(9)13)7-18-12-14-4-5-17-12/h2-6H,7H2,1H3. The van der Waals surface area contributed by atoms with Crippen LogP contribution < -0.4 is 0 Å². The van der Waals surface area contributed by atoms with Crippen LogP contribution in [0.4, 0.5) is 4.39 Å². The van der Waals surface area contributed by atoms with Crippen LogP contribution >= 0.6 is 23.1 Å². The zero-order valence-corrected chi connectivity index (χ0v) is 11.2. The molecule has 0 spiro atoms. The van der Waals surface area contributed by atoms with Crippen LogP contribution in [0, 0.1) is 5.82 Å². The number of hydrogen-bond acceptors (Lipinski definition) is 5. The first kappa shape index (κ1) is 13.0. The Morgan fingerprint density at radius 2 is 2.39 bits per heavy atom. The average Bonchev–Trinajstić information content (AvgIpc) is 2.88. The van der Waals surface area contributed by atoms with Gasteiger partial charge in [0.15, 0.2) is 0 Å². The van der Waals surface area contributed by atoms with E-state index in [-0.39, 0.29) is 5.56 Å². The molecule has 2 rings (SSSR count). The van der Waals surface area contributed by atoms with Crippen LogP contribution in [0.2, 0.25) is 0 Å². The number of rotatable bonds is 4. The SMILES string of the molecule is COC(=O)c1ccc(CSc2nccs2)cc1F. The van der Waals surface area contributed by atoms with Crippen molar-refractivity contribution in [2.75, 3.05) is 7.11 Å². The average molecular weight is 283 g/mol. The van der Waals surface area contributed by atoms with Crippen LogP contribution in [0.1, 0.15) is 15.9 Å². The van der Waals surface area contributed by atoms with E-state index in [1.165, 1.54) is 31.0 Å². The van der Waals surface area contributed by atoms with Gasteiger partial charge in [-0.05, 0) is 17.7 Å². The van der Waals surface area contributed by atoms with Gasteiger partial charge in [0.05, 0.1) is 12.7 Å². The summed E-state index contributed by atoms with van der Waals surface area (Å²) in [5.41, 5.74) is 0.765. The van der Waals surface area contributed by atoms with E-state index in [1.807, 2.05) is 5.38 Å². The second kappa shape index (κ2) is 5.97. The molecule has 6 heteroatoms. The first-order valence-electron chi connectivity index (χ1n) is 5.09. The summed E-state index contributed by atoms with van der Waals surface area (Å²) in [6.07, 6.45) is 1.73. The maximum Gasteiger partial charge on any atom is 0.340 e. The highest BCUT2D eigenvalue weighted by Gasteiger charge is 2.12. The number of benzene rings is 1. The zero-order valence-electron chi connectivity index (χ0n) is 9.55. The Labute approximate surface area is 112 Å². The second-order valence-electron chi connectivity index (χ2n) is 3.39. The molecule has 0 saturated heterocycles. The largest absolute Gasteiger partial charge is 0.465 e. The molecule has 0 aliphatic rings. The van der Waals surface area contributed by atoms with Crippen molar-refractivity contribution in [3.8, 4) is 0 Å². The molecule has 0 radical (unpaired) electrons. The van der Waals surface area contributed by atoms with Crippen molar-refractivity contribution in [1.29, 1.82) is 0 Å². The van der Waals surface area contributed by atoms with Crippen LogP contribution in [0.5, 0.6) is 0 Å². The minimum atomic E-state index is -0.661. The summed E-state index contributed by atoms with van der Waals surface area (Å²) < 4.78 is 19.1. The molecule has 0 amide bonds. The van der Waals surface area contributed by atoms with Gasteiger partial charge in [-0.1, -0.05) is 17.8 Å². The molecule has 0 atom stereocenters. The summed E-state index contributed by atoms with van der Waals surface area (Å²) in [6, 6.07) is 4.52. The predicted octanol–water partition coefficient (Wildman–Crippen LogP) is 3.36. The van der Waals surface area contributed by atoms with E-state index in [1.54, 1.807) is 23.6 Å². The van der Waals surface area contributed by atoms with Gasteiger partial charge in [-0.3, -0.25) is 0 Å². The molecule has 0 aliphatic heterocycles. The molecule has 0 unspecified atom stereocenters. The second-order valence-corrected chi connectivity index (χ2v) is 5.51. The van der Waals surface area contributed by atoms with Gasteiger partial charge in [0.1, 0.15) is 10.2 Å². The zero-order chi connectivity index (χ0) is 13.0. The quantitative estimate of drug-likeness (QED) is 0.637. The number of thioether (sulfide) groups is 1. The van der Waals surface area contributed by atoms with E-state index in [0.29, 0.717) is 5.75 Å². The molecule has 0 N–H and O–H groups in total. The summed E-state index contributed by atoms with van der Waals surface area (Å²) >= 11 is 3.08. The van der Waals surface area contributed by atoms with E-state index in [2.05, 4.69) is 9.72 Å². The molecule has 1 aromatic heterocycles. The lowest BCUT2D eigenvalue weighted by Crippen LogP contribution is -2.04. The maximum absolute atomic E-state index is 13.6. The molecule has 2 aromatic rings. The van der Waals surface area contributed by atoms with Crippen molar-refractivity contribution < 1.29 is 13.9 Å². The molecular formula is C12H10FNO2S2. The van der Waals surface area contributed by atoms with Gasteiger partial charge >= 0.3 is 5.97 Å². The molecule has 94 valence electrons. The van der Waals surface area contributed by atoms with E-state index in [4.69, 9.17) is 0 Å². The maximum atomic E-state index is 13.6. The molecule has 1 aromatic carbocycles. The summed E-state index contributed by atoms with van der Waals surface area (Å²) in [6.45, 7) is 0. The normalized spacial score (nSPS) is 10.3. The van der Waals surface area contributed by atoms with Gasteiger partial charge in [-0.25, -0.2) is 14.2 Å². The summed E-state index contributed by atoms with van der Waals surface area (Å²) in [7, 11) is 1.23. The third-order valence-electron chi connectivity index (χ3n) is 2.21. The van der Waals surface area contributed by atoms with Gasteiger partial charge in [0.2, 0.25) is 0 Å².